The lowest BCUT2D eigenvalue weighted by Crippen LogP contribution is -2.71. The number of anilines is 1. The normalized spacial score (nSPS) is 21.2. The number of thioether (sulfide) groups is 2. The molecule has 212 valence electrons. The van der Waals surface area contributed by atoms with Crippen LogP contribution in [0.1, 0.15) is 31.5 Å². The second-order valence-electron chi connectivity index (χ2n) is 8.83. The van der Waals surface area contributed by atoms with Crippen LogP contribution in [0.3, 0.4) is 0 Å². The highest BCUT2D eigenvalue weighted by Gasteiger charge is 2.54. The minimum absolute atomic E-state index is 0.0337. The number of oxime groups is 1. The van der Waals surface area contributed by atoms with Crippen LogP contribution in [0, 0.1) is 0 Å². The molecule has 20 heteroatoms. The first-order chi connectivity index (χ1) is 19.2. The number of rotatable bonds is 11. The Kier molecular flexibility index (Phi) is 8.17. The maximum atomic E-state index is 13.2. The average molecular weight is 611 g/mol. The molecular weight excluding hydrogens is 588 g/mol. The third kappa shape index (κ3) is 5.72. The van der Waals surface area contributed by atoms with Gasteiger partial charge in [-0.2, -0.15) is 9.36 Å². The first-order valence-electron chi connectivity index (χ1n) is 11.9. The number of carboxylic acid groups (broad SMARTS) is 2. The lowest BCUT2D eigenvalue weighted by atomic mass is 10.0. The van der Waals surface area contributed by atoms with E-state index in [9.17, 15) is 24.3 Å². The van der Waals surface area contributed by atoms with Gasteiger partial charge in [0.1, 0.15) is 29.8 Å². The molecule has 3 aliphatic rings. The number of carbonyl (C=O) groups is 4. The number of carboxylic acids is 2. The second kappa shape index (κ2) is 11.8. The standard InChI is InChI=1S/C20H22N10O7S3/c21-19-23-14(26-40-19)11(25-37-9-3-1-2-4-9)15(33)22-12-16(34)30-13(18(35)36)8(6-38-17(12)30)7-39-20-24-27-28-29(20)5-10(31)32/h9,12,17H,1-7H2,(H,22,33)(H,31,32)(H,35,36)(H2,21,23,26)/t12?,17-/m1/s1. The Morgan fingerprint density at radius 2 is 2.02 bits per heavy atom. The van der Waals surface area contributed by atoms with Gasteiger partial charge in [-0.3, -0.25) is 19.3 Å². The third-order valence-electron chi connectivity index (χ3n) is 6.16. The number of nitrogens with two attached hydrogens (primary N) is 1. The average Bonchev–Trinajstić information content (AvgIpc) is 3.68. The Morgan fingerprint density at radius 3 is 2.70 bits per heavy atom. The van der Waals surface area contributed by atoms with Crippen LogP contribution in [0.4, 0.5) is 5.13 Å². The van der Waals surface area contributed by atoms with E-state index in [1.165, 1.54) is 11.8 Å². The zero-order valence-electron chi connectivity index (χ0n) is 20.5. The number of nitrogens with zero attached hydrogens (tertiary/aromatic N) is 8. The first kappa shape index (κ1) is 27.8. The van der Waals surface area contributed by atoms with Crippen molar-refractivity contribution in [2.24, 2.45) is 5.16 Å². The molecule has 4 heterocycles. The van der Waals surface area contributed by atoms with E-state index in [0.717, 1.165) is 58.6 Å². The number of hydrogen-bond donors (Lipinski definition) is 4. The molecule has 5 N–H and O–H groups in total. The molecule has 2 atom stereocenters. The van der Waals surface area contributed by atoms with Crippen LogP contribution < -0.4 is 11.1 Å². The fraction of sp³-hybridized carbons (Fsp3) is 0.500. The van der Waals surface area contributed by atoms with Crippen molar-refractivity contribution in [2.45, 2.75) is 54.9 Å². The van der Waals surface area contributed by atoms with Crippen LogP contribution in [0.5, 0.6) is 0 Å². The zero-order valence-corrected chi connectivity index (χ0v) is 22.9. The highest BCUT2D eigenvalue weighted by molar-refractivity contribution is 8.01. The molecule has 2 amide bonds. The molecule has 1 saturated heterocycles. The number of amides is 2. The fourth-order valence-corrected chi connectivity index (χ4v) is 7.12. The van der Waals surface area contributed by atoms with Gasteiger partial charge in [-0.05, 0) is 41.7 Å². The predicted octanol–water partition coefficient (Wildman–Crippen LogP) is -0.614. The zero-order chi connectivity index (χ0) is 28.4. The monoisotopic (exact) mass is 610 g/mol. The summed E-state index contributed by atoms with van der Waals surface area (Å²) < 4.78 is 5.12. The van der Waals surface area contributed by atoms with Crippen LogP contribution in [-0.2, 0) is 30.6 Å². The number of fused-ring (bicyclic) bond motifs is 1. The van der Waals surface area contributed by atoms with Gasteiger partial charge in [0.25, 0.3) is 11.8 Å². The Morgan fingerprint density at radius 1 is 1.25 bits per heavy atom. The SMILES string of the molecule is Nc1nc(C(=NOC2CCCC2)C(=O)NC2C(=O)N3C(C(=O)O)=C(CSc4nnnn4CC(=O)O)CS[C@H]23)ns1. The van der Waals surface area contributed by atoms with Gasteiger partial charge in [0, 0.05) is 23.0 Å². The first-order valence-corrected chi connectivity index (χ1v) is 14.7. The van der Waals surface area contributed by atoms with Gasteiger partial charge in [-0.1, -0.05) is 16.9 Å². The molecule has 1 aliphatic carbocycles. The molecular formula is C20H22N10O7S3. The van der Waals surface area contributed by atoms with Gasteiger partial charge >= 0.3 is 11.9 Å². The summed E-state index contributed by atoms with van der Waals surface area (Å²) >= 11 is 3.21. The molecule has 0 radical (unpaired) electrons. The van der Waals surface area contributed by atoms with Crippen molar-refractivity contribution in [2.75, 3.05) is 17.2 Å². The van der Waals surface area contributed by atoms with Gasteiger partial charge in [0.05, 0.1) is 0 Å². The van der Waals surface area contributed by atoms with Crippen molar-refractivity contribution >= 4 is 69.7 Å². The Balaban J connectivity index is 1.29. The van der Waals surface area contributed by atoms with Crippen molar-refractivity contribution < 1.29 is 34.2 Å². The minimum atomic E-state index is -1.31. The van der Waals surface area contributed by atoms with E-state index in [4.69, 9.17) is 15.7 Å². The number of carbonyl (C=O) groups excluding carboxylic acids is 2. The molecule has 2 aromatic rings. The fourth-order valence-electron chi connectivity index (χ4n) is 4.32. The summed E-state index contributed by atoms with van der Waals surface area (Å²) in [6.45, 7) is -0.455. The number of aromatic nitrogens is 6. The van der Waals surface area contributed by atoms with Crippen molar-refractivity contribution in [1.82, 2.24) is 39.8 Å². The molecule has 1 unspecified atom stereocenters. The second-order valence-corrected chi connectivity index (χ2v) is 11.7. The van der Waals surface area contributed by atoms with E-state index in [1.54, 1.807) is 0 Å². The van der Waals surface area contributed by atoms with E-state index < -0.39 is 41.7 Å². The summed E-state index contributed by atoms with van der Waals surface area (Å²) in [5.41, 5.74) is 5.68. The van der Waals surface area contributed by atoms with Gasteiger partial charge in [0.15, 0.2) is 5.13 Å². The van der Waals surface area contributed by atoms with Crippen LogP contribution >= 0.6 is 35.1 Å². The lowest BCUT2D eigenvalue weighted by molar-refractivity contribution is -0.150. The Hall–Kier alpha value is -3.78. The van der Waals surface area contributed by atoms with E-state index in [1.807, 2.05) is 0 Å². The number of tetrazole rings is 1. The van der Waals surface area contributed by atoms with Crippen LogP contribution in [-0.4, -0.2) is 103 Å². The van der Waals surface area contributed by atoms with Crippen LogP contribution in [0.25, 0.3) is 0 Å². The van der Waals surface area contributed by atoms with Crippen molar-refractivity contribution in [1.29, 1.82) is 0 Å². The number of β-lactam (4-membered cyclic amide) rings is 1. The number of hydrogen-bond acceptors (Lipinski definition) is 15. The maximum Gasteiger partial charge on any atom is 0.352 e. The molecule has 17 nitrogen and oxygen atoms in total. The summed E-state index contributed by atoms with van der Waals surface area (Å²) in [5, 5.41) is 36.0. The topological polar surface area (TPSA) is 241 Å². The minimum Gasteiger partial charge on any atom is -0.480 e. The summed E-state index contributed by atoms with van der Waals surface area (Å²) in [7, 11) is 0. The molecule has 2 fully saturated rings. The predicted molar refractivity (Wildman–Crippen MR) is 140 cm³/mol. The highest BCUT2D eigenvalue weighted by Crippen LogP contribution is 2.41. The molecule has 0 aromatic carbocycles. The largest absolute Gasteiger partial charge is 0.480 e. The van der Waals surface area contributed by atoms with Crippen LogP contribution in [0.15, 0.2) is 21.6 Å². The van der Waals surface area contributed by atoms with Crippen molar-refractivity contribution in [3.05, 3.63) is 17.1 Å². The smallest absolute Gasteiger partial charge is 0.352 e. The highest BCUT2D eigenvalue weighted by atomic mass is 32.2. The molecule has 5 rings (SSSR count). The Labute approximate surface area is 237 Å². The van der Waals surface area contributed by atoms with E-state index in [0.29, 0.717) is 5.57 Å². The molecule has 2 aromatic heterocycles. The summed E-state index contributed by atoms with van der Waals surface area (Å²) in [6.07, 6.45) is 3.46. The van der Waals surface area contributed by atoms with Gasteiger partial charge in [-0.25, -0.2) is 9.48 Å². The van der Waals surface area contributed by atoms with E-state index in [-0.39, 0.29) is 45.1 Å². The van der Waals surface area contributed by atoms with Gasteiger partial charge in [0.2, 0.25) is 16.7 Å². The van der Waals surface area contributed by atoms with Gasteiger partial charge in [-0.15, -0.1) is 16.9 Å². The summed E-state index contributed by atoms with van der Waals surface area (Å²) in [4.78, 5) is 60.1. The molecule has 0 spiro atoms. The molecule has 0 bridgehead atoms. The molecule has 40 heavy (non-hydrogen) atoms. The van der Waals surface area contributed by atoms with Crippen LogP contribution in [0.2, 0.25) is 0 Å². The number of aliphatic carboxylic acids is 2. The van der Waals surface area contributed by atoms with Gasteiger partial charge < -0.3 is 26.1 Å². The summed E-state index contributed by atoms with van der Waals surface area (Å²) in [6, 6.07) is -1.02. The Bertz CT molecular complexity index is 1400. The van der Waals surface area contributed by atoms with Crippen molar-refractivity contribution in [3.8, 4) is 0 Å². The lowest BCUT2D eigenvalue weighted by Gasteiger charge is -2.49. The third-order valence-corrected chi connectivity index (χ3v) is 9.09. The number of nitrogens with one attached hydrogen (secondary N) is 1. The van der Waals surface area contributed by atoms with E-state index >= 15 is 0 Å². The van der Waals surface area contributed by atoms with E-state index in [2.05, 4.69) is 35.4 Å². The molecule has 2 aliphatic heterocycles. The summed E-state index contributed by atoms with van der Waals surface area (Å²) in [5.74, 6) is -3.49. The van der Waals surface area contributed by atoms with Crippen molar-refractivity contribution in [3.63, 3.8) is 0 Å². The number of nitrogen functional groups attached to an aromatic ring is 1. The maximum absolute atomic E-state index is 13.2. The quantitative estimate of drug-likeness (QED) is 0.107. The molecule has 1 saturated carbocycles.